The average Bonchev–Trinajstić information content (AvgIpc) is 3.23. The van der Waals surface area contributed by atoms with Gasteiger partial charge < -0.3 is 15.4 Å². The van der Waals surface area contributed by atoms with Crippen molar-refractivity contribution in [2.45, 2.75) is 38.0 Å². The number of benzene rings is 2. The standard InChI is InChI=1S/C22H25N3O5/c1-15-13-17(25(28)29)7-10-19(15)24-21(27)20(26)23-14-22(11-3-4-12-22)16-5-8-18(30-2)9-6-16/h5-10,13H,3-4,11-12,14H2,1-2H3,(H,23,26)(H,24,27). The minimum absolute atomic E-state index is 0.0717. The Balaban J connectivity index is 1.65. The summed E-state index contributed by atoms with van der Waals surface area (Å²) in [6.45, 7) is 2.00. The number of ether oxygens (including phenoxy) is 1. The fourth-order valence-corrected chi connectivity index (χ4v) is 3.97. The molecule has 0 atom stereocenters. The van der Waals surface area contributed by atoms with E-state index in [0.29, 0.717) is 17.8 Å². The summed E-state index contributed by atoms with van der Waals surface area (Å²) in [6, 6.07) is 11.9. The lowest BCUT2D eigenvalue weighted by Gasteiger charge is -2.30. The summed E-state index contributed by atoms with van der Waals surface area (Å²) >= 11 is 0. The molecule has 2 amide bonds. The van der Waals surface area contributed by atoms with Crippen molar-refractivity contribution < 1.29 is 19.2 Å². The number of nitro groups is 1. The molecule has 8 nitrogen and oxygen atoms in total. The second kappa shape index (κ2) is 8.94. The summed E-state index contributed by atoms with van der Waals surface area (Å²) in [4.78, 5) is 35.1. The molecule has 0 unspecified atom stereocenters. The topological polar surface area (TPSA) is 111 Å². The number of nitro benzene ring substituents is 1. The maximum atomic E-state index is 12.4. The molecule has 0 aromatic heterocycles. The van der Waals surface area contributed by atoms with Crippen molar-refractivity contribution in [1.29, 1.82) is 0 Å². The van der Waals surface area contributed by atoms with Gasteiger partial charge in [0.15, 0.2) is 0 Å². The third-order valence-electron chi connectivity index (χ3n) is 5.73. The van der Waals surface area contributed by atoms with Crippen LogP contribution in [0, 0.1) is 17.0 Å². The van der Waals surface area contributed by atoms with Crippen molar-refractivity contribution in [3.05, 3.63) is 63.7 Å². The normalized spacial score (nSPS) is 14.7. The summed E-state index contributed by atoms with van der Waals surface area (Å²) in [5, 5.41) is 16.1. The molecular formula is C22H25N3O5. The zero-order chi connectivity index (χ0) is 21.7. The Kier molecular flexibility index (Phi) is 6.34. The van der Waals surface area contributed by atoms with Crippen LogP contribution in [0.4, 0.5) is 11.4 Å². The molecule has 0 radical (unpaired) electrons. The number of amides is 2. The zero-order valence-electron chi connectivity index (χ0n) is 17.1. The third kappa shape index (κ3) is 4.59. The van der Waals surface area contributed by atoms with Crippen LogP contribution in [0.5, 0.6) is 5.75 Å². The molecule has 0 heterocycles. The number of aryl methyl sites for hydroxylation is 1. The molecule has 0 spiro atoms. The van der Waals surface area contributed by atoms with Crippen LogP contribution < -0.4 is 15.4 Å². The predicted molar refractivity (Wildman–Crippen MR) is 113 cm³/mol. The Hall–Kier alpha value is -3.42. The number of hydrogen-bond acceptors (Lipinski definition) is 5. The smallest absolute Gasteiger partial charge is 0.313 e. The van der Waals surface area contributed by atoms with Crippen LogP contribution in [0.3, 0.4) is 0 Å². The van der Waals surface area contributed by atoms with Crippen molar-refractivity contribution in [2.24, 2.45) is 0 Å². The number of rotatable bonds is 6. The van der Waals surface area contributed by atoms with Gasteiger partial charge in [-0.2, -0.15) is 0 Å². The molecule has 2 aromatic rings. The lowest BCUT2D eigenvalue weighted by Crippen LogP contribution is -2.43. The molecule has 0 bridgehead atoms. The first-order valence-corrected chi connectivity index (χ1v) is 9.83. The highest BCUT2D eigenvalue weighted by atomic mass is 16.6. The summed E-state index contributed by atoms with van der Waals surface area (Å²) < 4.78 is 5.22. The molecule has 8 heteroatoms. The number of anilines is 1. The van der Waals surface area contributed by atoms with Gasteiger partial charge in [-0.25, -0.2) is 0 Å². The summed E-state index contributed by atoms with van der Waals surface area (Å²) in [6.07, 6.45) is 4.00. The van der Waals surface area contributed by atoms with E-state index in [1.54, 1.807) is 14.0 Å². The van der Waals surface area contributed by atoms with E-state index in [4.69, 9.17) is 4.74 Å². The Bertz CT molecular complexity index is 950. The Labute approximate surface area is 174 Å². The van der Waals surface area contributed by atoms with Crippen LogP contribution in [-0.2, 0) is 15.0 Å². The van der Waals surface area contributed by atoms with Crippen molar-refractivity contribution in [3.8, 4) is 5.75 Å². The van der Waals surface area contributed by atoms with Crippen LogP contribution >= 0.6 is 0 Å². The quantitative estimate of drug-likeness (QED) is 0.430. The first kappa shape index (κ1) is 21.3. The van der Waals surface area contributed by atoms with Crippen molar-refractivity contribution >= 4 is 23.2 Å². The lowest BCUT2D eigenvalue weighted by atomic mass is 9.78. The fourth-order valence-electron chi connectivity index (χ4n) is 3.97. The monoisotopic (exact) mass is 411 g/mol. The predicted octanol–water partition coefficient (Wildman–Crippen LogP) is 3.48. The van der Waals surface area contributed by atoms with E-state index < -0.39 is 16.7 Å². The zero-order valence-corrected chi connectivity index (χ0v) is 17.1. The van der Waals surface area contributed by atoms with Crippen LogP contribution in [0.2, 0.25) is 0 Å². The summed E-state index contributed by atoms with van der Waals surface area (Å²) in [5.74, 6) is -0.754. The molecule has 1 saturated carbocycles. The van der Waals surface area contributed by atoms with E-state index in [9.17, 15) is 19.7 Å². The van der Waals surface area contributed by atoms with Crippen LogP contribution in [0.25, 0.3) is 0 Å². The van der Waals surface area contributed by atoms with Gasteiger partial charge in [-0.05, 0) is 49.1 Å². The van der Waals surface area contributed by atoms with E-state index in [1.165, 1.54) is 18.2 Å². The molecule has 1 aliphatic carbocycles. The van der Waals surface area contributed by atoms with Gasteiger partial charge in [-0.3, -0.25) is 19.7 Å². The van der Waals surface area contributed by atoms with E-state index in [2.05, 4.69) is 10.6 Å². The highest BCUT2D eigenvalue weighted by molar-refractivity contribution is 6.39. The minimum Gasteiger partial charge on any atom is -0.497 e. The first-order valence-electron chi connectivity index (χ1n) is 9.83. The Morgan fingerprint density at radius 2 is 1.77 bits per heavy atom. The second-order valence-corrected chi connectivity index (χ2v) is 7.61. The van der Waals surface area contributed by atoms with Gasteiger partial charge in [-0.1, -0.05) is 25.0 Å². The van der Waals surface area contributed by atoms with Gasteiger partial charge >= 0.3 is 11.8 Å². The molecule has 1 fully saturated rings. The van der Waals surface area contributed by atoms with Gasteiger partial charge in [0.1, 0.15) is 5.75 Å². The van der Waals surface area contributed by atoms with Crippen LogP contribution in [0.1, 0.15) is 36.8 Å². The largest absolute Gasteiger partial charge is 0.497 e. The highest BCUT2D eigenvalue weighted by Gasteiger charge is 2.36. The van der Waals surface area contributed by atoms with E-state index >= 15 is 0 Å². The van der Waals surface area contributed by atoms with Gasteiger partial charge in [0.05, 0.1) is 12.0 Å². The molecular weight excluding hydrogens is 386 g/mol. The number of hydrogen-bond donors (Lipinski definition) is 2. The molecule has 0 saturated heterocycles. The Morgan fingerprint density at radius 1 is 1.10 bits per heavy atom. The molecule has 2 aromatic carbocycles. The number of methoxy groups -OCH3 is 1. The first-order chi connectivity index (χ1) is 14.3. The number of nitrogens with zero attached hydrogens (tertiary/aromatic N) is 1. The fraction of sp³-hybridized carbons (Fsp3) is 0.364. The third-order valence-corrected chi connectivity index (χ3v) is 5.73. The van der Waals surface area contributed by atoms with Gasteiger partial charge in [0.25, 0.3) is 5.69 Å². The van der Waals surface area contributed by atoms with Crippen LogP contribution in [0.15, 0.2) is 42.5 Å². The highest BCUT2D eigenvalue weighted by Crippen LogP contribution is 2.41. The van der Waals surface area contributed by atoms with E-state index in [-0.39, 0.29) is 11.1 Å². The molecule has 30 heavy (non-hydrogen) atoms. The average molecular weight is 411 g/mol. The van der Waals surface area contributed by atoms with Crippen molar-refractivity contribution in [3.63, 3.8) is 0 Å². The summed E-state index contributed by atoms with van der Waals surface area (Å²) in [5.41, 5.74) is 1.72. The number of carbonyl (C=O) groups excluding carboxylic acids is 2. The van der Waals surface area contributed by atoms with Gasteiger partial charge in [0.2, 0.25) is 0 Å². The molecule has 1 aliphatic rings. The molecule has 0 aliphatic heterocycles. The molecule has 2 N–H and O–H groups in total. The summed E-state index contributed by atoms with van der Waals surface area (Å²) in [7, 11) is 1.62. The second-order valence-electron chi connectivity index (χ2n) is 7.61. The van der Waals surface area contributed by atoms with Crippen molar-refractivity contribution in [2.75, 3.05) is 19.0 Å². The minimum atomic E-state index is -0.796. The van der Waals surface area contributed by atoms with Gasteiger partial charge in [-0.15, -0.1) is 0 Å². The molecule has 3 rings (SSSR count). The van der Waals surface area contributed by atoms with Crippen LogP contribution in [-0.4, -0.2) is 30.4 Å². The van der Waals surface area contributed by atoms with E-state index in [1.807, 2.05) is 24.3 Å². The number of non-ortho nitro benzene ring substituents is 1. The van der Waals surface area contributed by atoms with E-state index in [0.717, 1.165) is 37.0 Å². The maximum absolute atomic E-state index is 12.4. The van der Waals surface area contributed by atoms with Gasteiger partial charge in [0, 0.05) is 29.8 Å². The SMILES string of the molecule is COc1ccc(C2(CNC(=O)C(=O)Nc3ccc([N+](=O)[O-])cc3C)CCCC2)cc1. The maximum Gasteiger partial charge on any atom is 0.313 e. The number of carbonyl (C=O) groups is 2. The lowest BCUT2D eigenvalue weighted by molar-refractivity contribution is -0.384. The van der Waals surface area contributed by atoms with Crippen molar-refractivity contribution in [1.82, 2.24) is 5.32 Å². The molecule has 158 valence electrons. The Morgan fingerprint density at radius 3 is 2.33 bits per heavy atom. The number of nitrogens with one attached hydrogen (secondary N) is 2.